The molecule has 0 aliphatic heterocycles. The van der Waals surface area contributed by atoms with Crippen molar-refractivity contribution in [2.75, 3.05) is 0 Å². The van der Waals surface area contributed by atoms with Crippen LogP contribution in [0.1, 0.15) is 42.1 Å². The number of nitrogens with one attached hydrogen (secondary N) is 1. The number of carboxylic acid groups (broad SMARTS) is 1. The molecule has 0 aromatic heterocycles. The lowest BCUT2D eigenvalue weighted by atomic mass is 10.1. The highest BCUT2D eigenvalue weighted by atomic mass is 16.4. The van der Waals surface area contributed by atoms with Crippen LogP contribution in [0.25, 0.3) is 0 Å². The van der Waals surface area contributed by atoms with Crippen LogP contribution in [0, 0.1) is 6.92 Å². The van der Waals surface area contributed by atoms with E-state index in [4.69, 9.17) is 5.11 Å². The highest BCUT2D eigenvalue weighted by molar-refractivity contribution is 5.98. The van der Waals surface area contributed by atoms with E-state index in [2.05, 4.69) is 5.32 Å². The molecule has 0 radical (unpaired) electrons. The van der Waals surface area contributed by atoms with Crippen molar-refractivity contribution < 1.29 is 19.8 Å². The zero-order chi connectivity index (χ0) is 14.4. The zero-order valence-corrected chi connectivity index (χ0v) is 11.1. The maximum absolute atomic E-state index is 12.0. The van der Waals surface area contributed by atoms with Gasteiger partial charge in [0.15, 0.2) is 0 Å². The average molecular weight is 265 g/mol. The van der Waals surface area contributed by atoms with Gasteiger partial charge in [0.25, 0.3) is 5.91 Å². The van der Waals surface area contributed by atoms with Crippen molar-refractivity contribution in [2.24, 2.45) is 0 Å². The molecule has 0 heterocycles. The van der Waals surface area contributed by atoms with E-state index < -0.39 is 17.9 Å². The molecule has 1 unspecified atom stereocenters. The number of carbonyl (C=O) groups excluding carboxylic acids is 1. The first-order chi connectivity index (χ1) is 8.97. The van der Waals surface area contributed by atoms with Gasteiger partial charge in [0.2, 0.25) is 0 Å². The Labute approximate surface area is 112 Å². The predicted octanol–water partition coefficient (Wildman–Crippen LogP) is 2.07. The molecule has 104 valence electrons. The summed E-state index contributed by atoms with van der Waals surface area (Å²) in [5.74, 6) is -1.50. The third-order valence-corrected chi connectivity index (χ3v) is 3.00. The van der Waals surface area contributed by atoms with Crippen LogP contribution in [0.5, 0.6) is 5.75 Å². The standard InChI is InChI=1S/C14H19NO4/c1-3-4-7-11(14(18)19)15-13(17)10-6-5-8-12(16)9(10)2/h5-6,8,11,16H,3-4,7H2,1-2H3,(H,15,17)(H,18,19). The van der Waals surface area contributed by atoms with Gasteiger partial charge in [0, 0.05) is 11.1 Å². The van der Waals surface area contributed by atoms with Crippen LogP contribution in [0.4, 0.5) is 0 Å². The van der Waals surface area contributed by atoms with Crippen molar-refractivity contribution >= 4 is 11.9 Å². The summed E-state index contributed by atoms with van der Waals surface area (Å²) in [6.07, 6.45) is 2.00. The van der Waals surface area contributed by atoms with Gasteiger partial charge < -0.3 is 15.5 Å². The van der Waals surface area contributed by atoms with Gasteiger partial charge in [-0.2, -0.15) is 0 Å². The van der Waals surface area contributed by atoms with Crippen LogP contribution in [0.2, 0.25) is 0 Å². The molecule has 1 amide bonds. The Morgan fingerprint density at radius 2 is 2.05 bits per heavy atom. The molecule has 1 aromatic rings. The number of carboxylic acids is 1. The van der Waals surface area contributed by atoms with Crippen LogP contribution in [0.3, 0.4) is 0 Å². The molecule has 0 saturated heterocycles. The van der Waals surface area contributed by atoms with Crippen LogP contribution in [0.15, 0.2) is 18.2 Å². The smallest absolute Gasteiger partial charge is 0.326 e. The highest BCUT2D eigenvalue weighted by Gasteiger charge is 2.21. The van der Waals surface area contributed by atoms with Gasteiger partial charge in [-0.05, 0) is 25.5 Å². The second kappa shape index (κ2) is 6.78. The van der Waals surface area contributed by atoms with Gasteiger partial charge in [-0.25, -0.2) is 4.79 Å². The number of hydrogen-bond donors (Lipinski definition) is 3. The SMILES string of the molecule is CCCCC(NC(=O)c1cccc(O)c1C)C(=O)O. The number of carbonyl (C=O) groups is 2. The normalized spacial score (nSPS) is 11.9. The molecule has 19 heavy (non-hydrogen) atoms. The Morgan fingerprint density at radius 1 is 1.37 bits per heavy atom. The average Bonchev–Trinajstić information content (AvgIpc) is 2.37. The summed E-state index contributed by atoms with van der Waals surface area (Å²) < 4.78 is 0. The highest BCUT2D eigenvalue weighted by Crippen LogP contribution is 2.19. The maximum Gasteiger partial charge on any atom is 0.326 e. The molecule has 0 spiro atoms. The second-order valence-corrected chi connectivity index (χ2v) is 4.46. The van der Waals surface area contributed by atoms with Crippen molar-refractivity contribution in [3.8, 4) is 5.75 Å². The van der Waals surface area contributed by atoms with Crippen molar-refractivity contribution in [2.45, 2.75) is 39.2 Å². The largest absolute Gasteiger partial charge is 0.508 e. The van der Waals surface area contributed by atoms with E-state index >= 15 is 0 Å². The lowest BCUT2D eigenvalue weighted by molar-refractivity contribution is -0.139. The minimum absolute atomic E-state index is 0.0214. The first-order valence-electron chi connectivity index (χ1n) is 6.29. The van der Waals surface area contributed by atoms with Gasteiger partial charge in [0.1, 0.15) is 11.8 Å². The van der Waals surface area contributed by atoms with E-state index in [0.29, 0.717) is 17.5 Å². The van der Waals surface area contributed by atoms with Crippen LogP contribution < -0.4 is 5.32 Å². The monoisotopic (exact) mass is 265 g/mol. The Balaban J connectivity index is 2.82. The molecule has 1 aromatic carbocycles. The predicted molar refractivity (Wildman–Crippen MR) is 71.3 cm³/mol. The van der Waals surface area contributed by atoms with E-state index in [-0.39, 0.29) is 5.75 Å². The molecular formula is C14H19NO4. The minimum Gasteiger partial charge on any atom is -0.508 e. The molecule has 0 aliphatic rings. The van der Waals surface area contributed by atoms with Crippen LogP contribution in [-0.2, 0) is 4.79 Å². The summed E-state index contributed by atoms with van der Waals surface area (Å²) in [4.78, 5) is 23.1. The summed E-state index contributed by atoms with van der Waals surface area (Å²) in [5, 5.41) is 21.1. The topological polar surface area (TPSA) is 86.6 Å². The van der Waals surface area contributed by atoms with Gasteiger partial charge in [-0.15, -0.1) is 0 Å². The van der Waals surface area contributed by atoms with Crippen molar-refractivity contribution in [3.63, 3.8) is 0 Å². The molecule has 5 heteroatoms. The lowest BCUT2D eigenvalue weighted by Crippen LogP contribution is -2.40. The van der Waals surface area contributed by atoms with Gasteiger partial charge >= 0.3 is 5.97 Å². The van der Waals surface area contributed by atoms with Crippen molar-refractivity contribution in [3.05, 3.63) is 29.3 Å². The zero-order valence-electron chi connectivity index (χ0n) is 11.1. The fraction of sp³-hybridized carbons (Fsp3) is 0.429. The Bertz CT molecular complexity index is 471. The summed E-state index contributed by atoms with van der Waals surface area (Å²) in [6, 6.07) is 3.70. The van der Waals surface area contributed by atoms with Crippen LogP contribution >= 0.6 is 0 Å². The summed E-state index contributed by atoms with van der Waals surface area (Å²) in [6.45, 7) is 3.58. The second-order valence-electron chi connectivity index (χ2n) is 4.46. The fourth-order valence-corrected chi connectivity index (χ4v) is 1.77. The van der Waals surface area contributed by atoms with E-state index in [1.165, 1.54) is 6.07 Å². The number of aromatic hydroxyl groups is 1. The number of benzene rings is 1. The molecule has 1 rings (SSSR count). The molecule has 1 atom stereocenters. The number of phenols is 1. The molecular weight excluding hydrogens is 246 g/mol. The molecule has 0 bridgehead atoms. The molecule has 3 N–H and O–H groups in total. The number of hydrogen-bond acceptors (Lipinski definition) is 3. The number of amides is 1. The quantitative estimate of drug-likeness (QED) is 0.735. The minimum atomic E-state index is -1.04. The first kappa shape index (κ1) is 15.0. The summed E-state index contributed by atoms with van der Waals surface area (Å²) in [5.41, 5.74) is 0.738. The molecule has 0 aliphatic carbocycles. The third-order valence-electron chi connectivity index (χ3n) is 3.00. The number of unbranched alkanes of at least 4 members (excludes halogenated alkanes) is 1. The van der Waals surface area contributed by atoms with Gasteiger partial charge in [-0.3, -0.25) is 4.79 Å². The Morgan fingerprint density at radius 3 is 2.63 bits per heavy atom. The van der Waals surface area contributed by atoms with Crippen molar-refractivity contribution in [1.82, 2.24) is 5.32 Å². The molecule has 0 fully saturated rings. The Kier molecular flexibility index (Phi) is 5.36. The van der Waals surface area contributed by atoms with Crippen LogP contribution in [-0.4, -0.2) is 28.1 Å². The van der Waals surface area contributed by atoms with E-state index in [1.54, 1.807) is 19.1 Å². The fourth-order valence-electron chi connectivity index (χ4n) is 1.77. The maximum atomic E-state index is 12.0. The van der Waals surface area contributed by atoms with Gasteiger partial charge in [-0.1, -0.05) is 25.8 Å². The van der Waals surface area contributed by atoms with Gasteiger partial charge in [0.05, 0.1) is 0 Å². The van der Waals surface area contributed by atoms with E-state index in [9.17, 15) is 14.7 Å². The number of phenolic OH excluding ortho intramolecular Hbond substituents is 1. The molecule has 0 saturated carbocycles. The van der Waals surface area contributed by atoms with E-state index in [0.717, 1.165) is 12.8 Å². The number of aliphatic carboxylic acids is 1. The van der Waals surface area contributed by atoms with Crippen molar-refractivity contribution in [1.29, 1.82) is 0 Å². The molecule has 5 nitrogen and oxygen atoms in total. The number of rotatable bonds is 6. The summed E-state index contributed by atoms with van der Waals surface area (Å²) in [7, 11) is 0. The third kappa shape index (κ3) is 3.98. The Hall–Kier alpha value is -2.04. The first-order valence-corrected chi connectivity index (χ1v) is 6.29. The summed E-state index contributed by atoms with van der Waals surface area (Å²) >= 11 is 0. The lowest BCUT2D eigenvalue weighted by Gasteiger charge is -2.15. The van der Waals surface area contributed by atoms with E-state index in [1.807, 2.05) is 6.92 Å².